The molecule has 2 aromatic heterocycles. The molecule has 0 amide bonds. The SMILES string of the molecule is O=[N+]([O-])/C=C/c1ccc(-c2cccnc2)o1. The standard InChI is InChI=1S/C11H8N2O3/c14-13(15)7-5-10-3-4-11(16-10)9-2-1-6-12-8-9/h1-8H/b7-5+. The zero-order valence-corrected chi connectivity index (χ0v) is 8.24. The fraction of sp³-hybridized carbons (Fsp3) is 0. The summed E-state index contributed by atoms with van der Waals surface area (Å²) in [5.41, 5.74) is 0.836. The van der Waals surface area contributed by atoms with Gasteiger partial charge in [0.25, 0.3) is 0 Å². The quantitative estimate of drug-likeness (QED) is 0.584. The molecule has 0 spiro atoms. The highest BCUT2D eigenvalue weighted by Crippen LogP contribution is 2.21. The van der Waals surface area contributed by atoms with Gasteiger partial charge in [0.15, 0.2) is 0 Å². The van der Waals surface area contributed by atoms with E-state index in [2.05, 4.69) is 4.98 Å². The molecule has 0 unspecified atom stereocenters. The largest absolute Gasteiger partial charge is 0.456 e. The Morgan fingerprint density at radius 1 is 1.38 bits per heavy atom. The zero-order valence-electron chi connectivity index (χ0n) is 8.24. The lowest BCUT2D eigenvalue weighted by Gasteiger charge is -1.93. The number of rotatable bonds is 3. The third-order valence-corrected chi connectivity index (χ3v) is 1.93. The van der Waals surface area contributed by atoms with Crippen molar-refractivity contribution in [1.29, 1.82) is 0 Å². The van der Waals surface area contributed by atoms with Crippen molar-refractivity contribution in [2.24, 2.45) is 0 Å². The summed E-state index contributed by atoms with van der Waals surface area (Å²) in [6.07, 6.45) is 5.48. The Hall–Kier alpha value is -2.43. The minimum Gasteiger partial charge on any atom is -0.456 e. The Morgan fingerprint density at radius 3 is 2.94 bits per heavy atom. The van der Waals surface area contributed by atoms with E-state index in [9.17, 15) is 10.1 Å². The Bertz CT molecular complexity index is 517. The van der Waals surface area contributed by atoms with E-state index in [1.165, 1.54) is 6.08 Å². The van der Waals surface area contributed by atoms with E-state index in [1.807, 2.05) is 6.07 Å². The molecule has 0 saturated heterocycles. The third kappa shape index (κ3) is 2.33. The maximum absolute atomic E-state index is 10.1. The summed E-state index contributed by atoms with van der Waals surface area (Å²) in [6, 6.07) is 7.07. The summed E-state index contributed by atoms with van der Waals surface area (Å²) >= 11 is 0. The van der Waals surface area contributed by atoms with Gasteiger partial charge < -0.3 is 4.42 Å². The van der Waals surface area contributed by atoms with Crippen LogP contribution in [0.25, 0.3) is 17.4 Å². The van der Waals surface area contributed by atoms with Crippen LogP contribution >= 0.6 is 0 Å². The molecule has 80 valence electrons. The van der Waals surface area contributed by atoms with Crippen molar-refractivity contribution in [1.82, 2.24) is 4.98 Å². The first-order valence-electron chi connectivity index (χ1n) is 4.57. The maximum atomic E-state index is 10.1. The molecule has 2 rings (SSSR count). The molecule has 5 heteroatoms. The monoisotopic (exact) mass is 216 g/mol. The Kier molecular flexibility index (Phi) is 2.77. The van der Waals surface area contributed by atoms with Gasteiger partial charge in [-0.25, -0.2) is 0 Å². The molecule has 16 heavy (non-hydrogen) atoms. The number of furan rings is 1. The van der Waals surface area contributed by atoms with Crippen LogP contribution in [0.3, 0.4) is 0 Å². The number of hydrogen-bond donors (Lipinski definition) is 0. The predicted molar refractivity (Wildman–Crippen MR) is 58.0 cm³/mol. The minimum atomic E-state index is -0.535. The van der Waals surface area contributed by atoms with Crippen LogP contribution in [-0.2, 0) is 0 Å². The molecule has 0 bridgehead atoms. The number of nitrogens with zero attached hydrogens (tertiary/aromatic N) is 2. The highest BCUT2D eigenvalue weighted by Gasteiger charge is 2.02. The smallest absolute Gasteiger partial charge is 0.238 e. The van der Waals surface area contributed by atoms with E-state index >= 15 is 0 Å². The van der Waals surface area contributed by atoms with Crippen LogP contribution in [0.5, 0.6) is 0 Å². The van der Waals surface area contributed by atoms with Crippen LogP contribution < -0.4 is 0 Å². The first-order valence-corrected chi connectivity index (χ1v) is 4.57. The zero-order chi connectivity index (χ0) is 11.4. The van der Waals surface area contributed by atoms with E-state index in [0.29, 0.717) is 11.5 Å². The summed E-state index contributed by atoms with van der Waals surface area (Å²) in [4.78, 5) is 13.5. The summed E-state index contributed by atoms with van der Waals surface area (Å²) < 4.78 is 5.39. The lowest BCUT2D eigenvalue weighted by molar-refractivity contribution is -0.401. The van der Waals surface area contributed by atoms with Crippen molar-refractivity contribution in [3.05, 3.63) is 58.7 Å². The Labute approximate surface area is 91.2 Å². The average Bonchev–Trinajstić information content (AvgIpc) is 2.76. The van der Waals surface area contributed by atoms with E-state index in [4.69, 9.17) is 4.42 Å². The van der Waals surface area contributed by atoms with Crippen molar-refractivity contribution in [2.75, 3.05) is 0 Å². The predicted octanol–water partition coefficient (Wildman–Crippen LogP) is 2.59. The number of aromatic nitrogens is 1. The van der Waals surface area contributed by atoms with Crippen molar-refractivity contribution < 1.29 is 9.34 Å². The summed E-state index contributed by atoms with van der Waals surface area (Å²) in [7, 11) is 0. The Morgan fingerprint density at radius 2 is 2.25 bits per heavy atom. The van der Waals surface area contributed by atoms with Gasteiger partial charge in [-0.15, -0.1) is 0 Å². The van der Waals surface area contributed by atoms with Crippen LogP contribution in [0.15, 0.2) is 47.3 Å². The van der Waals surface area contributed by atoms with Gasteiger partial charge in [-0.3, -0.25) is 15.1 Å². The van der Waals surface area contributed by atoms with Crippen LogP contribution in [0.4, 0.5) is 0 Å². The molecule has 0 N–H and O–H groups in total. The van der Waals surface area contributed by atoms with Gasteiger partial charge in [-0.1, -0.05) is 0 Å². The van der Waals surface area contributed by atoms with Crippen molar-refractivity contribution in [3.63, 3.8) is 0 Å². The second-order valence-electron chi connectivity index (χ2n) is 3.04. The summed E-state index contributed by atoms with van der Waals surface area (Å²) in [6.45, 7) is 0. The van der Waals surface area contributed by atoms with Crippen LogP contribution in [0.2, 0.25) is 0 Å². The minimum absolute atomic E-state index is 0.440. The number of pyridine rings is 1. The van der Waals surface area contributed by atoms with Crippen LogP contribution in [0.1, 0.15) is 5.76 Å². The molecular weight excluding hydrogens is 208 g/mol. The highest BCUT2D eigenvalue weighted by molar-refractivity contribution is 5.58. The Balaban J connectivity index is 2.23. The van der Waals surface area contributed by atoms with Crippen molar-refractivity contribution in [2.45, 2.75) is 0 Å². The van der Waals surface area contributed by atoms with E-state index in [1.54, 1.807) is 30.6 Å². The highest BCUT2D eigenvalue weighted by atomic mass is 16.6. The molecule has 0 aromatic carbocycles. The van der Waals surface area contributed by atoms with Crippen molar-refractivity contribution >= 4 is 6.08 Å². The van der Waals surface area contributed by atoms with Crippen LogP contribution in [-0.4, -0.2) is 9.91 Å². The molecule has 2 heterocycles. The molecule has 0 aliphatic rings. The van der Waals surface area contributed by atoms with Gasteiger partial charge in [0.2, 0.25) is 6.20 Å². The summed E-state index contributed by atoms with van der Waals surface area (Å²) in [5, 5.41) is 10.1. The summed E-state index contributed by atoms with van der Waals surface area (Å²) in [5.74, 6) is 1.08. The van der Waals surface area contributed by atoms with Crippen LogP contribution in [0, 0.1) is 10.1 Å². The molecule has 5 nitrogen and oxygen atoms in total. The topological polar surface area (TPSA) is 69.2 Å². The second-order valence-corrected chi connectivity index (χ2v) is 3.04. The van der Waals surface area contributed by atoms with E-state index in [-0.39, 0.29) is 0 Å². The fourth-order valence-electron chi connectivity index (χ4n) is 1.24. The van der Waals surface area contributed by atoms with Gasteiger partial charge in [-0.05, 0) is 24.3 Å². The van der Waals surface area contributed by atoms with Gasteiger partial charge in [0.1, 0.15) is 11.5 Å². The normalized spacial score (nSPS) is 10.8. The van der Waals surface area contributed by atoms with E-state index < -0.39 is 4.92 Å². The van der Waals surface area contributed by atoms with Gasteiger partial charge in [0.05, 0.1) is 11.0 Å². The van der Waals surface area contributed by atoms with Crippen molar-refractivity contribution in [3.8, 4) is 11.3 Å². The molecule has 0 radical (unpaired) electrons. The molecule has 0 fully saturated rings. The first kappa shape index (κ1) is 10.1. The molecule has 0 aliphatic carbocycles. The maximum Gasteiger partial charge on any atom is 0.238 e. The third-order valence-electron chi connectivity index (χ3n) is 1.93. The number of hydrogen-bond acceptors (Lipinski definition) is 4. The second kappa shape index (κ2) is 4.39. The lowest BCUT2D eigenvalue weighted by Crippen LogP contribution is -1.81. The molecule has 0 aliphatic heterocycles. The average molecular weight is 216 g/mol. The molecule has 2 aromatic rings. The fourth-order valence-corrected chi connectivity index (χ4v) is 1.24. The molecular formula is C11H8N2O3. The van der Waals surface area contributed by atoms with Gasteiger partial charge in [-0.2, -0.15) is 0 Å². The van der Waals surface area contributed by atoms with Gasteiger partial charge in [0, 0.05) is 18.0 Å². The lowest BCUT2D eigenvalue weighted by atomic mass is 10.2. The molecule has 0 saturated carbocycles. The first-order chi connectivity index (χ1) is 7.75. The number of nitro groups is 1. The van der Waals surface area contributed by atoms with Gasteiger partial charge >= 0.3 is 0 Å². The molecule has 0 atom stereocenters. The van der Waals surface area contributed by atoms with E-state index in [0.717, 1.165) is 11.8 Å².